The number of ether oxygens (including phenoxy) is 2. The summed E-state index contributed by atoms with van der Waals surface area (Å²) >= 11 is 0. The van der Waals surface area contributed by atoms with E-state index in [1.54, 1.807) is 13.2 Å². The summed E-state index contributed by atoms with van der Waals surface area (Å²) in [6.07, 6.45) is 2.79. The van der Waals surface area contributed by atoms with Crippen molar-refractivity contribution < 1.29 is 14.3 Å². The number of hydrogen-bond donors (Lipinski definition) is 1. The number of rotatable bonds is 2. The van der Waals surface area contributed by atoms with E-state index in [0.717, 1.165) is 25.9 Å². The minimum absolute atomic E-state index is 0.0150. The Morgan fingerprint density at radius 2 is 2.32 bits per heavy atom. The largest absolute Gasteiger partial charge is 0.497 e. The van der Waals surface area contributed by atoms with Crippen molar-refractivity contribution in [1.82, 2.24) is 5.32 Å². The van der Waals surface area contributed by atoms with E-state index in [2.05, 4.69) is 5.32 Å². The van der Waals surface area contributed by atoms with Gasteiger partial charge in [-0.3, -0.25) is 4.79 Å². The minimum atomic E-state index is 0.0150. The SMILES string of the molecule is COc1ccc2c(c1)C(=O)C[C@@H]([C@H]1CCCNC1)O2. The highest BCUT2D eigenvalue weighted by Crippen LogP contribution is 2.34. The fourth-order valence-corrected chi connectivity index (χ4v) is 2.91. The first-order valence-electron chi connectivity index (χ1n) is 6.86. The summed E-state index contributed by atoms with van der Waals surface area (Å²) in [4.78, 5) is 12.3. The molecular formula is C15H19NO3. The molecular weight excluding hydrogens is 242 g/mol. The molecule has 0 bridgehead atoms. The monoisotopic (exact) mass is 261 g/mol. The van der Waals surface area contributed by atoms with Crippen LogP contribution in [0.25, 0.3) is 0 Å². The van der Waals surface area contributed by atoms with Gasteiger partial charge in [-0.05, 0) is 37.6 Å². The minimum Gasteiger partial charge on any atom is -0.497 e. The molecule has 102 valence electrons. The predicted molar refractivity (Wildman–Crippen MR) is 72.0 cm³/mol. The van der Waals surface area contributed by atoms with Crippen molar-refractivity contribution in [3.05, 3.63) is 23.8 Å². The lowest BCUT2D eigenvalue weighted by molar-refractivity contribution is 0.0682. The molecule has 1 aromatic carbocycles. The summed E-state index contributed by atoms with van der Waals surface area (Å²) in [6.45, 7) is 2.02. The van der Waals surface area contributed by atoms with Gasteiger partial charge in [0.25, 0.3) is 0 Å². The van der Waals surface area contributed by atoms with Crippen molar-refractivity contribution in [1.29, 1.82) is 0 Å². The van der Waals surface area contributed by atoms with Gasteiger partial charge in [0.15, 0.2) is 5.78 Å². The molecule has 0 spiro atoms. The number of nitrogens with one attached hydrogen (secondary N) is 1. The van der Waals surface area contributed by atoms with Gasteiger partial charge in [-0.2, -0.15) is 0 Å². The van der Waals surface area contributed by atoms with E-state index in [0.29, 0.717) is 29.4 Å². The van der Waals surface area contributed by atoms with Crippen molar-refractivity contribution in [3.63, 3.8) is 0 Å². The van der Waals surface area contributed by atoms with Crippen molar-refractivity contribution in [2.45, 2.75) is 25.4 Å². The fraction of sp³-hybridized carbons (Fsp3) is 0.533. The van der Waals surface area contributed by atoms with Crippen molar-refractivity contribution in [2.75, 3.05) is 20.2 Å². The summed E-state index contributed by atoms with van der Waals surface area (Å²) < 4.78 is 11.2. The Hall–Kier alpha value is -1.55. The van der Waals surface area contributed by atoms with Crippen LogP contribution in [0.5, 0.6) is 11.5 Å². The van der Waals surface area contributed by atoms with Gasteiger partial charge >= 0.3 is 0 Å². The number of benzene rings is 1. The second kappa shape index (κ2) is 5.21. The van der Waals surface area contributed by atoms with Gasteiger partial charge in [0.1, 0.15) is 17.6 Å². The first kappa shape index (κ1) is 12.5. The number of hydrogen-bond acceptors (Lipinski definition) is 4. The number of ketones is 1. The Morgan fingerprint density at radius 1 is 1.42 bits per heavy atom. The Labute approximate surface area is 113 Å². The Balaban J connectivity index is 1.81. The molecule has 1 fully saturated rings. The molecule has 2 aliphatic heterocycles. The van der Waals surface area contributed by atoms with Crippen LogP contribution < -0.4 is 14.8 Å². The van der Waals surface area contributed by atoms with Gasteiger partial charge in [0.05, 0.1) is 12.7 Å². The highest BCUT2D eigenvalue weighted by Gasteiger charge is 2.33. The lowest BCUT2D eigenvalue weighted by Gasteiger charge is -2.34. The van der Waals surface area contributed by atoms with Gasteiger partial charge in [-0.25, -0.2) is 0 Å². The summed E-state index contributed by atoms with van der Waals surface area (Å²) in [5.74, 6) is 2.00. The van der Waals surface area contributed by atoms with Crippen LogP contribution in [0.2, 0.25) is 0 Å². The van der Waals surface area contributed by atoms with E-state index >= 15 is 0 Å². The fourth-order valence-electron chi connectivity index (χ4n) is 2.91. The van der Waals surface area contributed by atoms with Crippen LogP contribution >= 0.6 is 0 Å². The zero-order valence-corrected chi connectivity index (χ0v) is 11.1. The van der Waals surface area contributed by atoms with Crippen molar-refractivity contribution in [3.8, 4) is 11.5 Å². The lowest BCUT2D eigenvalue weighted by Crippen LogP contribution is -2.42. The number of Topliss-reactive ketones (excluding diaryl/α,β-unsaturated/α-hetero) is 1. The highest BCUT2D eigenvalue weighted by atomic mass is 16.5. The molecule has 2 aliphatic rings. The van der Waals surface area contributed by atoms with E-state index in [1.165, 1.54) is 0 Å². The third-order valence-corrected chi connectivity index (χ3v) is 4.01. The molecule has 19 heavy (non-hydrogen) atoms. The van der Waals surface area contributed by atoms with Crippen molar-refractivity contribution >= 4 is 5.78 Å². The first-order chi connectivity index (χ1) is 9.28. The van der Waals surface area contributed by atoms with Crippen LogP contribution in [0, 0.1) is 5.92 Å². The van der Waals surface area contributed by atoms with E-state index in [4.69, 9.17) is 9.47 Å². The molecule has 1 aromatic rings. The van der Waals surface area contributed by atoms with Crippen LogP contribution in [0.4, 0.5) is 0 Å². The standard InChI is InChI=1S/C15H19NO3/c1-18-11-4-5-14-12(7-11)13(17)8-15(19-14)10-3-2-6-16-9-10/h4-5,7,10,15-16H,2-3,6,8-9H2,1H3/t10-,15-/m0/s1. The smallest absolute Gasteiger partial charge is 0.170 e. The third-order valence-electron chi connectivity index (χ3n) is 4.01. The maximum Gasteiger partial charge on any atom is 0.170 e. The number of fused-ring (bicyclic) bond motifs is 1. The second-order valence-electron chi connectivity index (χ2n) is 5.25. The average molecular weight is 261 g/mol. The number of piperidine rings is 1. The molecule has 0 aliphatic carbocycles. The van der Waals surface area contributed by atoms with Crippen LogP contribution in [0.3, 0.4) is 0 Å². The predicted octanol–water partition coefficient (Wildman–Crippen LogP) is 2.03. The molecule has 1 saturated heterocycles. The highest BCUT2D eigenvalue weighted by molar-refractivity contribution is 6.00. The topological polar surface area (TPSA) is 47.6 Å². The van der Waals surface area contributed by atoms with Gasteiger partial charge < -0.3 is 14.8 Å². The van der Waals surface area contributed by atoms with Crippen LogP contribution in [0.1, 0.15) is 29.6 Å². The van der Waals surface area contributed by atoms with Crippen LogP contribution in [0.15, 0.2) is 18.2 Å². The van der Waals surface area contributed by atoms with Gasteiger partial charge in [0, 0.05) is 18.9 Å². The Morgan fingerprint density at radius 3 is 3.05 bits per heavy atom. The summed E-state index contributed by atoms with van der Waals surface area (Å²) in [5, 5.41) is 3.38. The van der Waals surface area contributed by atoms with Gasteiger partial charge in [-0.15, -0.1) is 0 Å². The first-order valence-corrected chi connectivity index (χ1v) is 6.86. The molecule has 2 heterocycles. The summed E-state index contributed by atoms with van der Waals surface area (Å²) in [7, 11) is 1.60. The molecule has 0 unspecified atom stereocenters. The molecule has 3 rings (SSSR count). The van der Waals surface area contributed by atoms with E-state index < -0.39 is 0 Å². The van der Waals surface area contributed by atoms with Crippen LogP contribution in [-0.4, -0.2) is 32.1 Å². The van der Waals surface area contributed by atoms with Crippen molar-refractivity contribution in [2.24, 2.45) is 5.92 Å². The van der Waals surface area contributed by atoms with E-state index in [-0.39, 0.29) is 11.9 Å². The average Bonchev–Trinajstić information content (AvgIpc) is 2.48. The third kappa shape index (κ3) is 2.45. The Bertz CT molecular complexity index is 480. The van der Waals surface area contributed by atoms with Gasteiger partial charge in [-0.1, -0.05) is 0 Å². The molecule has 2 atom stereocenters. The van der Waals surface area contributed by atoms with Gasteiger partial charge in [0.2, 0.25) is 0 Å². The molecule has 1 N–H and O–H groups in total. The Kier molecular flexibility index (Phi) is 3.42. The molecule has 0 radical (unpaired) electrons. The van der Waals surface area contributed by atoms with E-state index in [1.807, 2.05) is 12.1 Å². The molecule has 4 heteroatoms. The zero-order valence-electron chi connectivity index (χ0n) is 11.1. The second-order valence-corrected chi connectivity index (χ2v) is 5.25. The summed E-state index contributed by atoms with van der Waals surface area (Å²) in [6, 6.07) is 5.45. The zero-order chi connectivity index (χ0) is 13.2. The molecule has 0 amide bonds. The maximum atomic E-state index is 12.3. The molecule has 0 saturated carbocycles. The quantitative estimate of drug-likeness (QED) is 0.885. The number of carbonyl (C=O) groups excluding carboxylic acids is 1. The molecule has 4 nitrogen and oxygen atoms in total. The number of methoxy groups -OCH3 is 1. The van der Waals surface area contributed by atoms with Crippen LogP contribution in [-0.2, 0) is 0 Å². The molecule has 0 aromatic heterocycles. The summed E-state index contributed by atoms with van der Waals surface area (Å²) in [5.41, 5.74) is 0.652. The maximum absolute atomic E-state index is 12.3. The van der Waals surface area contributed by atoms with E-state index in [9.17, 15) is 4.79 Å². The normalized spacial score (nSPS) is 26.5. The number of carbonyl (C=O) groups is 1. The lowest BCUT2D eigenvalue weighted by atomic mass is 9.87.